The number of fused-ring (bicyclic) bond motifs is 2. The number of aryl methyl sites for hydroxylation is 1. The lowest BCUT2D eigenvalue weighted by molar-refractivity contribution is 0.0696. The molecule has 0 amide bonds. The highest BCUT2D eigenvalue weighted by Crippen LogP contribution is 2.34. The van der Waals surface area contributed by atoms with Gasteiger partial charge in [-0.2, -0.15) is 0 Å². The van der Waals surface area contributed by atoms with Gasteiger partial charge in [-0.05, 0) is 42.7 Å². The van der Waals surface area contributed by atoms with Crippen LogP contribution in [-0.4, -0.2) is 16.1 Å². The zero-order valence-electron chi connectivity index (χ0n) is 11.9. The first-order valence-corrected chi connectivity index (χ1v) is 7.21. The number of carbonyl (C=O) groups is 1. The van der Waals surface area contributed by atoms with Crippen LogP contribution in [0.3, 0.4) is 0 Å². The van der Waals surface area contributed by atoms with Gasteiger partial charge in [-0.3, -0.25) is 4.98 Å². The number of para-hydroxylation sites is 1. The average Bonchev–Trinajstić information content (AvgIpc) is 2.43. The Kier molecular flexibility index (Phi) is 3.20. The van der Waals surface area contributed by atoms with Crippen LogP contribution in [0.4, 0.5) is 0 Å². The topological polar surface area (TPSA) is 50.2 Å². The predicted molar refractivity (Wildman–Crippen MR) is 79.1 cm³/mol. The largest absolute Gasteiger partial charge is 0.478 e. The summed E-state index contributed by atoms with van der Waals surface area (Å²) in [5.74, 6) is 0.309. The SMILES string of the molecule is CC(C)C1CCc2nc3ccccc3c(C(=O)O)c2C1. The Labute approximate surface area is 118 Å². The van der Waals surface area contributed by atoms with Crippen LogP contribution in [0.5, 0.6) is 0 Å². The molecule has 2 aromatic rings. The number of pyridine rings is 1. The molecule has 1 unspecified atom stereocenters. The van der Waals surface area contributed by atoms with Gasteiger partial charge in [-0.25, -0.2) is 4.79 Å². The second-order valence-corrected chi connectivity index (χ2v) is 5.98. The summed E-state index contributed by atoms with van der Waals surface area (Å²) >= 11 is 0. The number of benzene rings is 1. The Morgan fingerprint density at radius 2 is 2.10 bits per heavy atom. The molecule has 3 nitrogen and oxygen atoms in total. The maximum atomic E-state index is 11.7. The van der Waals surface area contributed by atoms with Crippen molar-refractivity contribution in [1.82, 2.24) is 4.98 Å². The first kappa shape index (κ1) is 13.1. The van der Waals surface area contributed by atoms with Crippen LogP contribution in [-0.2, 0) is 12.8 Å². The van der Waals surface area contributed by atoms with Gasteiger partial charge in [-0.1, -0.05) is 32.0 Å². The number of rotatable bonds is 2. The van der Waals surface area contributed by atoms with Gasteiger partial charge >= 0.3 is 5.97 Å². The molecular weight excluding hydrogens is 250 g/mol. The van der Waals surface area contributed by atoms with E-state index >= 15 is 0 Å². The Hall–Kier alpha value is -1.90. The molecule has 0 fully saturated rings. The fraction of sp³-hybridized carbons (Fsp3) is 0.412. The highest BCUT2D eigenvalue weighted by Gasteiger charge is 2.27. The standard InChI is InChI=1S/C17H19NO2/c1-10(2)11-7-8-15-13(9-11)16(17(19)20)12-5-3-4-6-14(12)18-15/h3-6,10-11H,7-9H2,1-2H3,(H,19,20). The molecule has 1 N–H and O–H groups in total. The maximum Gasteiger partial charge on any atom is 0.336 e. The minimum atomic E-state index is -0.829. The van der Waals surface area contributed by atoms with E-state index in [4.69, 9.17) is 0 Å². The van der Waals surface area contributed by atoms with Crippen molar-refractivity contribution in [3.05, 3.63) is 41.1 Å². The normalized spacial score (nSPS) is 18.2. The van der Waals surface area contributed by atoms with Crippen molar-refractivity contribution in [2.45, 2.75) is 33.1 Å². The van der Waals surface area contributed by atoms with E-state index in [0.717, 1.165) is 41.4 Å². The monoisotopic (exact) mass is 269 g/mol. The van der Waals surface area contributed by atoms with Crippen molar-refractivity contribution in [2.75, 3.05) is 0 Å². The van der Waals surface area contributed by atoms with Crippen molar-refractivity contribution in [1.29, 1.82) is 0 Å². The van der Waals surface area contributed by atoms with E-state index in [1.807, 2.05) is 24.3 Å². The molecular formula is C17H19NO2. The summed E-state index contributed by atoms with van der Waals surface area (Å²) in [7, 11) is 0. The van der Waals surface area contributed by atoms with Gasteiger partial charge < -0.3 is 5.11 Å². The summed E-state index contributed by atoms with van der Waals surface area (Å²) in [6, 6.07) is 7.56. The minimum Gasteiger partial charge on any atom is -0.478 e. The summed E-state index contributed by atoms with van der Waals surface area (Å²) in [6.07, 6.45) is 2.84. The molecule has 0 radical (unpaired) electrons. The van der Waals surface area contributed by atoms with Crippen molar-refractivity contribution in [2.24, 2.45) is 11.8 Å². The van der Waals surface area contributed by atoms with Crippen LogP contribution in [0.2, 0.25) is 0 Å². The van der Waals surface area contributed by atoms with Crippen molar-refractivity contribution in [3.8, 4) is 0 Å². The zero-order valence-corrected chi connectivity index (χ0v) is 11.9. The van der Waals surface area contributed by atoms with Gasteiger partial charge in [0, 0.05) is 11.1 Å². The van der Waals surface area contributed by atoms with Crippen LogP contribution < -0.4 is 0 Å². The number of hydrogen-bond acceptors (Lipinski definition) is 2. The number of hydrogen-bond donors (Lipinski definition) is 1. The molecule has 0 bridgehead atoms. The van der Waals surface area contributed by atoms with Gasteiger partial charge in [-0.15, -0.1) is 0 Å². The molecule has 1 aliphatic rings. The molecule has 1 aromatic carbocycles. The second-order valence-electron chi connectivity index (χ2n) is 5.98. The fourth-order valence-electron chi connectivity index (χ4n) is 3.23. The zero-order chi connectivity index (χ0) is 14.3. The third kappa shape index (κ3) is 2.07. The third-order valence-corrected chi connectivity index (χ3v) is 4.45. The van der Waals surface area contributed by atoms with E-state index in [2.05, 4.69) is 18.8 Å². The summed E-state index contributed by atoms with van der Waals surface area (Å²) in [4.78, 5) is 16.4. The summed E-state index contributed by atoms with van der Waals surface area (Å²) < 4.78 is 0. The second kappa shape index (κ2) is 4.89. The number of nitrogens with zero attached hydrogens (tertiary/aromatic N) is 1. The van der Waals surface area contributed by atoms with Gasteiger partial charge in [0.25, 0.3) is 0 Å². The van der Waals surface area contributed by atoms with Crippen molar-refractivity contribution < 1.29 is 9.90 Å². The third-order valence-electron chi connectivity index (χ3n) is 4.45. The van der Waals surface area contributed by atoms with E-state index < -0.39 is 5.97 Å². The molecule has 0 aliphatic heterocycles. The number of aromatic carboxylic acids is 1. The van der Waals surface area contributed by atoms with E-state index in [0.29, 0.717) is 17.4 Å². The first-order chi connectivity index (χ1) is 9.58. The summed E-state index contributed by atoms with van der Waals surface area (Å²) in [6.45, 7) is 4.43. The smallest absolute Gasteiger partial charge is 0.336 e. The molecule has 1 atom stereocenters. The van der Waals surface area contributed by atoms with Crippen LogP contribution in [0, 0.1) is 11.8 Å². The van der Waals surface area contributed by atoms with E-state index in [1.54, 1.807) is 0 Å². The molecule has 1 aliphatic carbocycles. The molecule has 0 saturated carbocycles. The van der Waals surface area contributed by atoms with Crippen LogP contribution in [0.25, 0.3) is 10.9 Å². The van der Waals surface area contributed by atoms with Crippen molar-refractivity contribution >= 4 is 16.9 Å². The molecule has 1 aromatic heterocycles. The first-order valence-electron chi connectivity index (χ1n) is 7.21. The Morgan fingerprint density at radius 1 is 1.35 bits per heavy atom. The van der Waals surface area contributed by atoms with Crippen LogP contribution in [0.1, 0.15) is 41.9 Å². The molecule has 1 heterocycles. The van der Waals surface area contributed by atoms with Gasteiger partial charge in [0.1, 0.15) is 0 Å². The van der Waals surface area contributed by atoms with Crippen molar-refractivity contribution in [3.63, 3.8) is 0 Å². The van der Waals surface area contributed by atoms with E-state index in [1.165, 1.54) is 0 Å². The lowest BCUT2D eigenvalue weighted by Gasteiger charge is -2.28. The highest BCUT2D eigenvalue weighted by molar-refractivity contribution is 6.04. The maximum absolute atomic E-state index is 11.7. The lowest BCUT2D eigenvalue weighted by Crippen LogP contribution is -2.23. The van der Waals surface area contributed by atoms with E-state index in [9.17, 15) is 9.90 Å². The number of aromatic nitrogens is 1. The molecule has 3 rings (SSSR count). The molecule has 0 spiro atoms. The van der Waals surface area contributed by atoms with Crippen LogP contribution in [0.15, 0.2) is 24.3 Å². The molecule has 0 saturated heterocycles. The Bertz CT molecular complexity index is 676. The fourth-order valence-corrected chi connectivity index (χ4v) is 3.23. The summed E-state index contributed by atoms with van der Waals surface area (Å²) in [5, 5.41) is 10.4. The Balaban J connectivity index is 2.23. The van der Waals surface area contributed by atoms with Gasteiger partial charge in [0.15, 0.2) is 0 Å². The molecule has 104 valence electrons. The Morgan fingerprint density at radius 3 is 2.80 bits per heavy atom. The summed E-state index contributed by atoms with van der Waals surface area (Å²) in [5.41, 5.74) is 3.21. The van der Waals surface area contributed by atoms with Gasteiger partial charge in [0.05, 0.1) is 11.1 Å². The highest BCUT2D eigenvalue weighted by atomic mass is 16.4. The quantitative estimate of drug-likeness (QED) is 0.904. The average molecular weight is 269 g/mol. The molecule has 20 heavy (non-hydrogen) atoms. The number of carboxylic acids is 1. The lowest BCUT2D eigenvalue weighted by atomic mass is 9.78. The molecule has 3 heteroatoms. The minimum absolute atomic E-state index is 0.468. The predicted octanol–water partition coefficient (Wildman–Crippen LogP) is 3.69. The van der Waals surface area contributed by atoms with Crippen LogP contribution >= 0.6 is 0 Å². The number of carboxylic acid groups (broad SMARTS) is 1. The van der Waals surface area contributed by atoms with Gasteiger partial charge in [0.2, 0.25) is 0 Å². The van der Waals surface area contributed by atoms with E-state index in [-0.39, 0.29) is 0 Å².